The topological polar surface area (TPSA) is 44.1 Å². The molecule has 102 valence electrons. The summed E-state index contributed by atoms with van der Waals surface area (Å²) in [6.07, 6.45) is 2.47. The fourth-order valence-corrected chi connectivity index (χ4v) is 2.17. The molecule has 0 saturated heterocycles. The molecule has 0 heterocycles. The lowest BCUT2D eigenvalue weighted by atomic mass is 10.1. The van der Waals surface area contributed by atoms with Crippen LogP contribution in [0.2, 0.25) is 0 Å². The second-order valence-corrected chi connectivity index (χ2v) is 5.50. The monoisotopic (exact) mass is 276 g/mol. The van der Waals surface area contributed by atoms with Gasteiger partial charge in [0.2, 0.25) is 0 Å². The number of carbonyl (C=O) groups excluding carboxylic acids is 1. The first kappa shape index (κ1) is 15.7. The van der Waals surface area contributed by atoms with Gasteiger partial charge in [0.1, 0.15) is 0 Å². The van der Waals surface area contributed by atoms with Crippen LogP contribution in [0.5, 0.6) is 0 Å². The summed E-state index contributed by atoms with van der Waals surface area (Å²) in [6.45, 7) is 5.10. The Bertz CT molecular complexity index is 448. The molecule has 0 amide bonds. The van der Waals surface area contributed by atoms with Gasteiger partial charge in [-0.2, -0.15) is 5.26 Å². The Morgan fingerprint density at radius 3 is 2.47 bits per heavy atom. The van der Waals surface area contributed by atoms with Gasteiger partial charge in [-0.05, 0) is 32.2 Å². The van der Waals surface area contributed by atoms with Gasteiger partial charge >= 0.3 is 0 Å². The SMILES string of the molecule is CSc1ccc(C(=O)CN(CCC#N)C(C)C)cc1. The summed E-state index contributed by atoms with van der Waals surface area (Å²) in [6, 6.07) is 10.1. The lowest BCUT2D eigenvalue weighted by Gasteiger charge is -2.24. The minimum Gasteiger partial charge on any atom is -0.293 e. The van der Waals surface area contributed by atoms with Gasteiger partial charge in [-0.3, -0.25) is 9.69 Å². The maximum atomic E-state index is 12.2. The van der Waals surface area contributed by atoms with Crippen molar-refractivity contribution in [2.24, 2.45) is 0 Å². The summed E-state index contributed by atoms with van der Waals surface area (Å²) in [4.78, 5) is 15.4. The average molecular weight is 276 g/mol. The molecule has 0 unspecified atom stereocenters. The largest absolute Gasteiger partial charge is 0.293 e. The quantitative estimate of drug-likeness (QED) is 0.566. The first-order valence-corrected chi connectivity index (χ1v) is 7.59. The van der Waals surface area contributed by atoms with E-state index in [1.807, 2.05) is 49.3 Å². The van der Waals surface area contributed by atoms with E-state index in [2.05, 4.69) is 6.07 Å². The number of rotatable bonds is 7. The zero-order valence-electron chi connectivity index (χ0n) is 11.7. The zero-order valence-corrected chi connectivity index (χ0v) is 12.5. The van der Waals surface area contributed by atoms with Crippen LogP contribution < -0.4 is 0 Å². The maximum absolute atomic E-state index is 12.2. The molecule has 0 radical (unpaired) electrons. The Labute approximate surface area is 119 Å². The Morgan fingerprint density at radius 1 is 1.37 bits per heavy atom. The highest BCUT2D eigenvalue weighted by molar-refractivity contribution is 7.98. The van der Waals surface area contributed by atoms with E-state index in [-0.39, 0.29) is 11.8 Å². The minimum absolute atomic E-state index is 0.110. The first-order chi connectivity index (χ1) is 9.08. The van der Waals surface area contributed by atoms with Crippen LogP contribution in [0.4, 0.5) is 0 Å². The van der Waals surface area contributed by atoms with Crippen LogP contribution >= 0.6 is 11.8 Å². The number of hydrogen-bond donors (Lipinski definition) is 0. The molecule has 0 N–H and O–H groups in total. The molecule has 1 rings (SSSR count). The second kappa shape index (κ2) is 7.98. The van der Waals surface area contributed by atoms with E-state index in [0.717, 1.165) is 10.5 Å². The van der Waals surface area contributed by atoms with Crippen molar-refractivity contribution in [1.82, 2.24) is 4.90 Å². The van der Waals surface area contributed by atoms with Gasteiger partial charge in [0.25, 0.3) is 0 Å². The normalized spacial score (nSPS) is 10.7. The van der Waals surface area contributed by atoms with Crippen molar-refractivity contribution >= 4 is 17.5 Å². The fourth-order valence-electron chi connectivity index (χ4n) is 1.77. The zero-order chi connectivity index (χ0) is 14.3. The molecule has 0 spiro atoms. The van der Waals surface area contributed by atoms with Crippen molar-refractivity contribution in [2.75, 3.05) is 19.3 Å². The molecule has 0 aliphatic carbocycles. The van der Waals surface area contributed by atoms with Crippen molar-refractivity contribution in [2.45, 2.75) is 31.2 Å². The van der Waals surface area contributed by atoms with Gasteiger partial charge < -0.3 is 0 Å². The highest BCUT2D eigenvalue weighted by atomic mass is 32.2. The molecule has 0 aliphatic heterocycles. The number of Topliss-reactive ketones (excluding diaryl/α,β-unsaturated/α-hetero) is 1. The summed E-state index contributed by atoms with van der Waals surface area (Å²) in [5.74, 6) is 0.110. The van der Waals surface area contributed by atoms with Gasteiger partial charge in [0, 0.05) is 29.5 Å². The molecular formula is C15H20N2OS. The van der Waals surface area contributed by atoms with E-state index in [9.17, 15) is 4.79 Å². The van der Waals surface area contributed by atoms with Gasteiger partial charge in [-0.1, -0.05) is 12.1 Å². The van der Waals surface area contributed by atoms with Crippen molar-refractivity contribution in [3.63, 3.8) is 0 Å². The third-order valence-corrected chi connectivity index (χ3v) is 3.74. The molecule has 0 fully saturated rings. The number of nitrogens with zero attached hydrogens (tertiary/aromatic N) is 2. The molecule has 1 aromatic rings. The predicted molar refractivity (Wildman–Crippen MR) is 79.5 cm³/mol. The van der Waals surface area contributed by atoms with Crippen LogP contribution in [0.25, 0.3) is 0 Å². The average Bonchev–Trinajstić information content (AvgIpc) is 2.43. The van der Waals surface area contributed by atoms with Gasteiger partial charge in [0.05, 0.1) is 12.6 Å². The number of nitriles is 1. The minimum atomic E-state index is 0.110. The van der Waals surface area contributed by atoms with Gasteiger partial charge in [0.15, 0.2) is 5.78 Å². The molecule has 3 nitrogen and oxygen atoms in total. The summed E-state index contributed by atoms with van der Waals surface area (Å²) < 4.78 is 0. The van der Waals surface area contributed by atoms with Crippen molar-refractivity contribution in [3.8, 4) is 6.07 Å². The third-order valence-electron chi connectivity index (χ3n) is 3.00. The van der Waals surface area contributed by atoms with Crippen molar-refractivity contribution in [3.05, 3.63) is 29.8 Å². The fraction of sp³-hybridized carbons (Fsp3) is 0.467. The Morgan fingerprint density at radius 2 is 2.00 bits per heavy atom. The Hall–Kier alpha value is -1.31. The van der Waals surface area contributed by atoms with E-state index < -0.39 is 0 Å². The van der Waals surface area contributed by atoms with Crippen LogP contribution in [0.15, 0.2) is 29.2 Å². The number of thioether (sulfide) groups is 1. The first-order valence-electron chi connectivity index (χ1n) is 6.36. The maximum Gasteiger partial charge on any atom is 0.176 e. The molecule has 0 aromatic heterocycles. The number of hydrogen-bond acceptors (Lipinski definition) is 4. The predicted octanol–water partition coefficient (Wildman–Crippen LogP) is 3.22. The smallest absolute Gasteiger partial charge is 0.176 e. The third kappa shape index (κ3) is 5.06. The van der Waals surface area contributed by atoms with Crippen LogP contribution in [-0.2, 0) is 0 Å². The molecule has 0 atom stereocenters. The Kier molecular flexibility index (Phi) is 6.61. The van der Waals surface area contributed by atoms with E-state index in [0.29, 0.717) is 19.5 Å². The number of ketones is 1. The number of carbonyl (C=O) groups is 1. The van der Waals surface area contributed by atoms with E-state index in [1.165, 1.54) is 0 Å². The van der Waals surface area contributed by atoms with Gasteiger partial charge in [-0.25, -0.2) is 0 Å². The summed E-state index contributed by atoms with van der Waals surface area (Å²) >= 11 is 1.66. The van der Waals surface area contributed by atoms with E-state index in [4.69, 9.17) is 5.26 Å². The molecule has 0 saturated carbocycles. The Balaban J connectivity index is 2.67. The molecule has 1 aromatic carbocycles. The van der Waals surface area contributed by atoms with Crippen molar-refractivity contribution < 1.29 is 4.79 Å². The summed E-state index contributed by atoms with van der Waals surface area (Å²) in [5.41, 5.74) is 0.736. The number of benzene rings is 1. The second-order valence-electron chi connectivity index (χ2n) is 4.62. The van der Waals surface area contributed by atoms with Crippen molar-refractivity contribution in [1.29, 1.82) is 5.26 Å². The molecule has 4 heteroatoms. The van der Waals surface area contributed by atoms with Gasteiger partial charge in [-0.15, -0.1) is 11.8 Å². The van der Waals surface area contributed by atoms with Crippen LogP contribution in [0.1, 0.15) is 30.6 Å². The molecule has 0 bridgehead atoms. The standard InChI is InChI=1S/C15H20N2OS/c1-12(2)17(10-4-9-16)11-15(18)13-5-7-14(19-3)8-6-13/h5-8,12H,4,10-11H2,1-3H3. The summed E-state index contributed by atoms with van der Waals surface area (Å²) in [5, 5.41) is 8.64. The lowest BCUT2D eigenvalue weighted by molar-refractivity contribution is 0.0908. The molecule has 19 heavy (non-hydrogen) atoms. The highest BCUT2D eigenvalue weighted by Gasteiger charge is 2.15. The molecular weight excluding hydrogens is 256 g/mol. The molecule has 0 aliphatic rings. The highest BCUT2D eigenvalue weighted by Crippen LogP contribution is 2.15. The van der Waals surface area contributed by atoms with E-state index in [1.54, 1.807) is 11.8 Å². The summed E-state index contributed by atoms with van der Waals surface area (Å²) in [7, 11) is 0. The van der Waals surface area contributed by atoms with Crippen LogP contribution in [-0.4, -0.2) is 36.1 Å². The van der Waals surface area contributed by atoms with Crippen LogP contribution in [0.3, 0.4) is 0 Å². The van der Waals surface area contributed by atoms with Crippen LogP contribution in [0, 0.1) is 11.3 Å². The lowest BCUT2D eigenvalue weighted by Crippen LogP contribution is -2.36. The van der Waals surface area contributed by atoms with E-state index >= 15 is 0 Å².